The van der Waals surface area contributed by atoms with Crippen LogP contribution in [0, 0.1) is 0 Å². The first-order valence-electron chi connectivity index (χ1n) is 8.91. The molecule has 5 heteroatoms. The van der Waals surface area contributed by atoms with Gasteiger partial charge in [-0.2, -0.15) is 0 Å². The van der Waals surface area contributed by atoms with Crippen LogP contribution >= 0.6 is 0 Å². The Kier molecular flexibility index (Phi) is 6.31. The predicted molar refractivity (Wildman–Crippen MR) is 105 cm³/mol. The molecule has 0 aliphatic heterocycles. The van der Waals surface area contributed by atoms with E-state index in [1.54, 1.807) is 36.4 Å². The van der Waals surface area contributed by atoms with Gasteiger partial charge in [0.05, 0.1) is 0 Å². The fraction of sp³-hybridized carbons (Fsp3) is 0.364. The van der Waals surface area contributed by atoms with Crippen LogP contribution in [0.15, 0.2) is 48.5 Å². The van der Waals surface area contributed by atoms with Gasteiger partial charge in [0.25, 0.3) is 0 Å². The number of carbonyl (C=O) groups excluding carboxylic acids is 2. The van der Waals surface area contributed by atoms with Crippen LogP contribution in [0.4, 0.5) is 0 Å². The standard InChI is InChI=1S/C22H27NO4/c1-21(2,26)19(24)17-9-5-7-15(11-17)13-23-14-16-8-6-10-18(12-16)20(25)22(3,4)27/h5-12,23,26-27H,13-14H2,1-4H3. The van der Waals surface area contributed by atoms with Crippen molar-refractivity contribution in [3.8, 4) is 0 Å². The Balaban J connectivity index is 2.01. The molecule has 2 rings (SSSR count). The molecule has 0 radical (unpaired) electrons. The second-order valence-electron chi connectivity index (χ2n) is 7.78. The molecule has 0 spiro atoms. The number of hydrogen-bond donors (Lipinski definition) is 3. The molecule has 0 aliphatic rings. The molecule has 2 aromatic carbocycles. The third-order valence-corrected chi connectivity index (χ3v) is 4.15. The van der Waals surface area contributed by atoms with Gasteiger partial charge in [0.15, 0.2) is 11.6 Å². The first kappa shape index (κ1) is 21.0. The van der Waals surface area contributed by atoms with Crippen molar-refractivity contribution in [1.82, 2.24) is 5.32 Å². The Morgan fingerprint density at radius 1 is 0.778 bits per heavy atom. The summed E-state index contributed by atoms with van der Waals surface area (Å²) >= 11 is 0. The molecule has 0 saturated heterocycles. The van der Waals surface area contributed by atoms with Crippen molar-refractivity contribution in [3.05, 3.63) is 70.8 Å². The number of benzene rings is 2. The minimum atomic E-state index is -1.40. The highest BCUT2D eigenvalue weighted by Crippen LogP contribution is 2.16. The van der Waals surface area contributed by atoms with E-state index in [0.29, 0.717) is 24.2 Å². The molecule has 0 aliphatic carbocycles. The monoisotopic (exact) mass is 369 g/mol. The van der Waals surface area contributed by atoms with Gasteiger partial charge in [0.1, 0.15) is 11.2 Å². The molecule has 0 heterocycles. The SMILES string of the molecule is CC(C)(O)C(=O)c1cccc(CNCc2cccc(C(=O)C(C)(C)O)c2)c1. The van der Waals surface area contributed by atoms with E-state index in [0.717, 1.165) is 11.1 Å². The summed E-state index contributed by atoms with van der Waals surface area (Å²) in [7, 11) is 0. The highest BCUT2D eigenvalue weighted by molar-refractivity contribution is 6.02. The van der Waals surface area contributed by atoms with Gasteiger partial charge in [-0.15, -0.1) is 0 Å². The van der Waals surface area contributed by atoms with Crippen molar-refractivity contribution in [3.63, 3.8) is 0 Å². The Hall–Kier alpha value is -2.34. The van der Waals surface area contributed by atoms with Crippen molar-refractivity contribution in [2.24, 2.45) is 0 Å². The zero-order valence-electron chi connectivity index (χ0n) is 16.2. The topological polar surface area (TPSA) is 86.6 Å². The van der Waals surface area contributed by atoms with Crippen LogP contribution in [0.1, 0.15) is 59.5 Å². The van der Waals surface area contributed by atoms with Crippen molar-refractivity contribution < 1.29 is 19.8 Å². The molecule has 0 saturated carbocycles. The molecule has 0 atom stereocenters. The van der Waals surface area contributed by atoms with Gasteiger partial charge in [0.2, 0.25) is 0 Å². The quantitative estimate of drug-likeness (QED) is 0.623. The number of rotatable bonds is 8. The highest BCUT2D eigenvalue weighted by atomic mass is 16.3. The van der Waals surface area contributed by atoms with Crippen LogP contribution in [-0.4, -0.2) is 33.0 Å². The van der Waals surface area contributed by atoms with E-state index in [9.17, 15) is 19.8 Å². The smallest absolute Gasteiger partial charge is 0.193 e. The van der Waals surface area contributed by atoms with E-state index in [2.05, 4.69) is 5.32 Å². The summed E-state index contributed by atoms with van der Waals surface area (Å²) in [5.74, 6) is -0.635. The number of carbonyl (C=O) groups is 2. The van der Waals surface area contributed by atoms with Crippen molar-refractivity contribution in [1.29, 1.82) is 0 Å². The van der Waals surface area contributed by atoms with Gasteiger partial charge in [-0.3, -0.25) is 9.59 Å². The summed E-state index contributed by atoms with van der Waals surface area (Å²) in [6, 6.07) is 14.3. The van der Waals surface area contributed by atoms with Crippen molar-refractivity contribution >= 4 is 11.6 Å². The lowest BCUT2D eigenvalue weighted by Gasteiger charge is -2.16. The summed E-state index contributed by atoms with van der Waals surface area (Å²) in [5.41, 5.74) is -0.0132. The zero-order chi connectivity index (χ0) is 20.2. The molecular formula is C22H27NO4. The van der Waals surface area contributed by atoms with Crippen molar-refractivity contribution in [2.75, 3.05) is 0 Å². The third-order valence-electron chi connectivity index (χ3n) is 4.15. The van der Waals surface area contributed by atoms with Gasteiger partial charge in [-0.05, 0) is 51.0 Å². The molecule has 0 unspecified atom stereocenters. The molecule has 2 aromatic rings. The van der Waals surface area contributed by atoms with E-state index in [1.165, 1.54) is 27.7 Å². The van der Waals surface area contributed by atoms with Crippen LogP contribution < -0.4 is 5.32 Å². The summed E-state index contributed by atoms with van der Waals surface area (Å²) in [5, 5.41) is 23.0. The largest absolute Gasteiger partial charge is 0.382 e. The number of Topliss-reactive ketones (excluding diaryl/α,β-unsaturated/α-hetero) is 2. The summed E-state index contributed by atoms with van der Waals surface area (Å²) in [4.78, 5) is 24.3. The minimum Gasteiger partial charge on any atom is -0.382 e. The Labute approximate surface area is 160 Å². The fourth-order valence-electron chi connectivity index (χ4n) is 2.70. The predicted octanol–water partition coefficient (Wildman–Crippen LogP) is 2.88. The van der Waals surface area contributed by atoms with E-state index >= 15 is 0 Å². The van der Waals surface area contributed by atoms with Gasteiger partial charge in [0, 0.05) is 24.2 Å². The number of hydrogen-bond acceptors (Lipinski definition) is 5. The minimum absolute atomic E-state index is 0.317. The van der Waals surface area contributed by atoms with Crippen LogP contribution in [0.5, 0.6) is 0 Å². The zero-order valence-corrected chi connectivity index (χ0v) is 16.2. The average molecular weight is 369 g/mol. The second kappa shape index (κ2) is 8.13. The maximum Gasteiger partial charge on any atom is 0.193 e. The Morgan fingerprint density at radius 2 is 1.15 bits per heavy atom. The van der Waals surface area contributed by atoms with Crippen molar-refractivity contribution in [2.45, 2.75) is 52.0 Å². The highest BCUT2D eigenvalue weighted by Gasteiger charge is 2.26. The maximum absolute atomic E-state index is 12.2. The molecule has 0 aromatic heterocycles. The van der Waals surface area contributed by atoms with E-state index in [1.807, 2.05) is 12.1 Å². The molecule has 5 nitrogen and oxygen atoms in total. The molecule has 144 valence electrons. The lowest BCUT2D eigenvalue weighted by molar-refractivity contribution is 0.0487. The Morgan fingerprint density at radius 3 is 1.48 bits per heavy atom. The molecular weight excluding hydrogens is 342 g/mol. The lowest BCUT2D eigenvalue weighted by atomic mass is 9.95. The second-order valence-corrected chi connectivity index (χ2v) is 7.78. The van der Waals surface area contributed by atoms with Crippen LogP contribution in [0.2, 0.25) is 0 Å². The van der Waals surface area contributed by atoms with Crippen LogP contribution in [0.25, 0.3) is 0 Å². The first-order chi connectivity index (χ1) is 12.5. The molecule has 3 N–H and O–H groups in total. The average Bonchev–Trinajstić information content (AvgIpc) is 2.59. The first-order valence-corrected chi connectivity index (χ1v) is 8.91. The summed E-state index contributed by atoms with van der Waals surface area (Å²) < 4.78 is 0. The van der Waals surface area contributed by atoms with Gasteiger partial charge < -0.3 is 15.5 Å². The van der Waals surface area contributed by atoms with E-state index in [4.69, 9.17) is 0 Å². The molecule has 0 bridgehead atoms. The Bertz CT molecular complexity index is 759. The molecule has 0 amide bonds. The number of aliphatic hydroxyl groups is 2. The normalized spacial score (nSPS) is 12.1. The molecule has 27 heavy (non-hydrogen) atoms. The van der Waals surface area contributed by atoms with Crippen LogP contribution in [0.3, 0.4) is 0 Å². The summed E-state index contributed by atoms with van der Waals surface area (Å²) in [6.45, 7) is 6.97. The molecule has 0 fully saturated rings. The van der Waals surface area contributed by atoms with E-state index < -0.39 is 11.2 Å². The fourth-order valence-corrected chi connectivity index (χ4v) is 2.70. The van der Waals surface area contributed by atoms with Gasteiger partial charge in [-0.25, -0.2) is 0 Å². The summed E-state index contributed by atoms with van der Waals surface area (Å²) in [6.07, 6.45) is 0. The van der Waals surface area contributed by atoms with Crippen LogP contribution in [-0.2, 0) is 13.1 Å². The number of ketones is 2. The van der Waals surface area contributed by atoms with Gasteiger partial charge in [-0.1, -0.05) is 36.4 Å². The van der Waals surface area contributed by atoms with Gasteiger partial charge >= 0.3 is 0 Å². The third kappa shape index (κ3) is 5.82. The maximum atomic E-state index is 12.2. The number of nitrogens with one attached hydrogen (secondary N) is 1. The van der Waals surface area contributed by atoms with E-state index in [-0.39, 0.29) is 11.6 Å². The lowest BCUT2D eigenvalue weighted by Crippen LogP contribution is -2.31.